The number of thiophene rings is 1. The molecule has 1 aromatic carbocycles. The number of rotatable bonds is 5. The van der Waals surface area contributed by atoms with E-state index < -0.39 is 0 Å². The lowest BCUT2D eigenvalue weighted by atomic mass is 10.1. The summed E-state index contributed by atoms with van der Waals surface area (Å²) in [6, 6.07) is 12.3. The van der Waals surface area contributed by atoms with E-state index in [0.29, 0.717) is 23.0 Å². The molecule has 1 amide bonds. The Morgan fingerprint density at radius 1 is 1.26 bits per heavy atom. The van der Waals surface area contributed by atoms with Crippen molar-refractivity contribution in [2.75, 3.05) is 6.61 Å². The number of halogens is 2. The van der Waals surface area contributed by atoms with E-state index in [1.54, 1.807) is 41.9 Å². The second-order valence-electron chi connectivity index (χ2n) is 5.84. The van der Waals surface area contributed by atoms with E-state index in [2.05, 4.69) is 5.10 Å². The maximum Gasteiger partial charge on any atom is 0.281 e. The first-order chi connectivity index (χ1) is 13.1. The minimum Gasteiger partial charge on any atom is -0.482 e. The molecule has 5 nitrogen and oxygen atoms in total. The summed E-state index contributed by atoms with van der Waals surface area (Å²) in [5.74, 6) is 0.743. The number of nitrogens with zero attached hydrogens (tertiary/aromatic N) is 2. The molecule has 1 aliphatic heterocycles. The van der Waals surface area contributed by atoms with Crippen LogP contribution in [0.4, 0.5) is 0 Å². The fraction of sp³-hybridized carbons (Fsp3) is 0.158. The van der Waals surface area contributed by atoms with E-state index in [-0.39, 0.29) is 23.6 Å². The van der Waals surface area contributed by atoms with E-state index in [1.165, 1.54) is 5.01 Å². The van der Waals surface area contributed by atoms with Crippen LogP contribution in [-0.2, 0) is 4.79 Å². The summed E-state index contributed by atoms with van der Waals surface area (Å²) in [7, 11) is 0. The number of hydrogen-bond acceptors (Lipinski definition) is 5. The Bertz CT molecular complexity index is 971. The van der Waals surface area contributed by atoms with E-state index >= 15 is 0 Å². The van der Waals surface area contributed by atoms with Gasteiger partial charge in [0, 0.05) is 6.42 Å². The van der Waals surface area contributed by atoms with Crippen molar-refractivity contribution in [3.05, 3.63) is 74.8 Å². The molecule has 0 N–H and O–H groups in total. The smallest absolute Gasteiger partial charge is 0.281 e. The molecular weight excluding hydrogens is 407 g/mol. The molecule has 1 aliphatic rings. The van der Waals surface area contributed by atoms with Gasteiger partial charge in [-0.25, -0.2) is 5.01 Å². The number of hydrogen-bond donors (Lipinski definition) is 0. The highest BCUT2D eigenvalue weighted by Gasteiger charge is 2.35. The van der Waals surface area contributed by atoms with Gasteiger partial charge in [0.15, 0.2) is 6.61 Å². The van der Waals surface area contributed by atoms with Crippen LogP contribution in [-0.4, -0.2) is 23.2 Å². The summed E-state index contributed by atoms with van der Waals surface area (Å²) >= 11 is 13.7. The van der Waals surface area contributed by atoms with Gasteiger partial charge in [-0.2, -0.15) is 5.10 Å². The standard InChI is InChI=1S/C19H14Cl2N2O3S/c20-12-4-1-5-16(19(12)21)26-11-18(24)23-14(15-6-2-8-25-15)10-13(22-23)17-7-3-9-27-17/h1-9,14H,10-11H2. The topological polar surface area (TPSA) is 55.0 Å². The SMILES string of the molecule is O=C(COc1cccc(Cl)c1Cl)N1N=C(c2cccs2)CC1c1ccco1. The van der Waals surface area contributed by atoms with Crippen LogP contribution in [0.15, 0.2) is 63.6 Å². The largest absolute Gasteiger partial charge is 0.482 e. The minimum absolute atomic E-state index is 0.210. The summed E-state index contributed by atoms with van der Waals surface area (Å²) in [5.41, 5.74) is 0.848. The van der Waals surface area contributed by atoms with Gasteiger partial charge >= 0.3 is 0 Å². The molecule has 4 rings (SSSR count). The lowest BCUT2D eigenvalue weighted by Crippen LogP contribution is -2.31. The van der Waals surface area contributed by atoms with Crippen LogP contribution in [0.3, 0.4) is 0 Å². The number of hydrazone groups is 1. The third-order valence-corrected chi connectivity index (χ3v) is 5.83. The van der Waals surface area contributed by atoms with Crippen LogP contribution in [0.25, 0.3) is 0 Å². The third kappa shape index (κ3) is 3.74. The first-order valence-electron chi connectivity index (χ1n) is 8.17. The van der Waals surface area contributed by atoms with Gasteiger partial charge < -0.3 is 9.15 Å². The Balaban J connectivity index is 1.54. The Hall–Kier alpha value is -2.28. The van der Waals surface area contributed by atoms with Crippen molar-refractivity contribution >= 4 is 46.2 Å². The number of benzene rings is 1. The molecule has 138 valence electrons. The van der Waals surface area contributed by atoms with Crippen LogP contribution < -0.4 is 4.74 Å². The molecule has 0 fully saturated rings. The first kappa shape index (κ1) is 18.1. The normalized spacial score (nSPS) is 16.4. The Morgan fingerprint density at radius 3 is 2.89 bits per heavy atom. The summed E-state index contributed by atoms with van der Waals surface area (Å²) in [6.45, 7) is -0.210. The zero-order valence-corrected chi connectivity index (χ0v) is 16.3. The van der Waals surface area contributed by atoms with Crippen molar-refractivity contribution in [3.63, 3.8) is 0 Å². The summed E-state index contributed by atoms with van der Waals surface area (Å²) in [4.78, 5) is 13.8. The lowest BCUT2D eigenvalue weighted by Gasteiger charge is -2.20. The fourth-order valence-electron chi connectivity index (χ4n) is 2.84. The van der Waals surface area contributed by atoms with Crippen molar-refractivity contribution in [3.8, 4) is 5.75 Å². The highest BCUT2D eigenvalue weighted by Crippen LogP contribution is 2.35. The molecule has 0 radical (unpaired) electrons. The molecule has 1 atom stereocenters. The van der Waals surface area contributed by atoms with Gasteiger partial charge in [0.2, 0.25) is 0 Å². The average molecular weight is 421 g/mol. The van der Waals surface area contributed by atoms with Gasteiger partial charge in [0.1, 0.15) is 22.6 Å². The molecule has 8 heteroatoms. The number of amides is 1. The van der Waals surface area contributed by atoms with Gasteiger partial charge in [-0.3, -0.25) is 4.79 Å². The van der Waals surface area contributed by atoms with Crippen molar-refractivity contribution in [2.24, 2.45) is 5.10 Å². The van der Waals surface area contributed by atoms with Gasteiger partial charge in [-0.15, -0.1) is 11.3 Å². The minimum atomic E-state index is -0.303. The molecule has 3 heterocycles. The Morgan fingerprint density at radius 2 is 2.15 bits per heavy atom. The van der Waals surface area contributed by atoms with Crippen LogP contribution in [0.5, 0.6) is 5.75 Å². The summed E-state index contributed by atoms with van der Waals surface area (Å²) in [6.07, 6.45) is 2.17. The second kappa shape index (κ2) is 7.76. The molecule has 27 heavy (non-hydrogen) atoms. The monoisotopic (exact) mass is 420 g/mol. The number of furan rings is 1. The second-order valence-corrected chi connectivity index (χ2v) is 7.57. The van der Waals surface area contributed by atoms with Gasteiger partial charge in [0.05, 0.1) is 21.9 Å². The quantitative estimate of drug-likeness (QED) is 0.554. The van der Waals surface area contributed by atoms with Crippen molar-refractivity contribution < 1.29 is 13.9 Å². The molecule has 2 aromatic heterocycles. The molecule has 0 saturated carbocycles. The fourth-order valence-corrected chi connectivity index (χ4v) is 3.90. The van der Waals surface area contributed by atoms with Gasteiger partial charge in [0.25, 0.3) is 5.91 Å². The van der Waals surface area contributed by atoms with Crippen molar-refractivity contribution in [2.45, 2.75) is 12.5 Å². The zero-order chi connectivity index (χ0) is 18.8. The predicted octanol–water partition coefficient (Wildman–Crippen LogP) is 5.40. The van der Waals surface area contributed by atoms with Crippen LogP contribution in [0, 0.1) is 0 Å². The van der Waals surface area contributed by atoms with Crippen molar-refractivity contribution in [1.29, 1.82) is 0 Å². The van der Waals surface area contributed by atoms with E-state index in [0.717, 1.165) is 10.6 Å². The van der Waals surface area contributed by atoms with E-state index in [1.807, 2.05) is 23.6 Å². The molecule has 0 spiro atoms. The van der Waals surface area contributed by atoms with Gasteiger partial charge in [-0.1, -0.05) is 35.3 Å². The van der Waals surface area contributed by atoms with E-state index in [4.69, 9.17) is 32.4 Å². The first-order valence-corrected chi connectivity index (χ1v) is 9.80. The van der Waals surface area contributed by atoms with Crippen molar-refractivity contribution in [1.82, 2.24) is 5.01 Å². The lowest BCUT2D eigenvalue weighted by molar-refractivity contribution is -0.135. The molecule has 3 aromatic rings. The predicted molar refractivity (Wildman–Crippen MR) is 106 cm³/mol. The summed E-state index contributed by atoms with van der Waals surface area (Å²) in [5, 5.41) is 8.58. The molecule has 0 saturated heterocycles. The van der Waals surface area contributed by atoms with Crippen LogP contribution in [0.1, 0.15) is 23.1 Å². The molecule has 0 bridgehead atoms. The number of ether oxygens (including phenoxy) is 1. The average Bonchev–Trinajstić information content (AvgIpc) is 3.41. The van der Waals surface area contributed by atoms with Crippen LogP contribution >= 0.6 is 34.5 Å². The highest BCUT2D eigenvalue weighted by molar-refractivity contribution is 7.12. The maximum atomic E-state index is 12.8. The number of carbonyl (C=O) groups excluding carboxylic acids is 1. The zero-order valence-electron chi connectivity index (χ0n) is 14.0. The Kier molecular flexibility index (Phi) is 5.20. The van der Waals surface area contributed by atoms with Gasteiger partial charge in [-0.05, 0) is 35.7 Å². The molecular formula is C19H14Cl2N2O3S. The highest BCUT2D eigenvalue weighted by atomic mass is 35.5. The molecule has 0 aliphatic carbocycles. The maximum absolute atomic E-state index is 12.8. The molecule has 1 unspecified atom stereocenters. The van der Waals surface area contributed by atoms with E-state index in [9.17, 15) is 4.79 Å². The van der Waals surface area contributed by atoms with Crippen LogP contribution in [0.2, 0.25) is 10.0 Å². The summed E-state index contributed by atoms with van der Waals surface area (Å²) < 4.78 is 11.1. The third-order valence-electron chi connectivity index (χ3n) is 4.11. The Labute approximate surface area is 169 Å². The number of carbonyl (C=O) groups is 1.